The van der Waals surface area contributed by atoms with Crippen LogP contribution in [0.25, 0.3) is 0 Å². The predicted octanol–water partition coefficient (Wildman–Crippen LogP) is 1.25. The minimum Gasteiger partial charge on any atom is -0.384 e. The monoisotopic (exact) mass is 225 g/mol. The van der Waals surface area contributed by atoms with E-state index in [9.17, 15) is 0 Å². The van der Waals surface area contributed by atoms with Gasteiger partial charge >= 0.3 is 0 Å². The van der Waals surface area contributed by atoms with E-state index < -0.39 is 0 Å². The highest BCUT2D eigenvalue weighted by Gasteiger charge is 2.38. The highest BCUT2D eigenvalue weighted by molar-refractivity contribution is 5.06. The second kappa shape index (κ2) is 4.93. The van der Waals surface area contributed by atoms with E-state index in [1.165, 1.54) is 6.42 Å². The summed E-state index contributed by atoms with van der Waals surface area (Å²) >= 11 is 0. The summed E-state index contributed by atoms with van der Waals surface area (Å²) in [5.74, 6) is 1.47. The van der Waals surface area contributed by atoms with Crippen LogP contribution in [-0.2, 0) is 16.7 Å². The lowest BCUT2D eigenvalue weighted by Gasteiger charge is -2.22. The number of ether oxygens (including phenoxy) is 1. The molecule has 1 aromatic rings. The van der Waals surface area contributed by atoms with Gasteiger partial charge in [0, 0.05) is 13.5 Å². The molecule has 2 rings (SSSR count). The highest BCUT2D eigenvalue weighted by Crippen LogP contribution is 2.32. The molecule has 1 aromatic heterocycles. The summed E-state index contributed by atoms with van der Waals surface area (Å²) in [6, 6.07) is 0. The smallest absolute Gasteiger partial charge is 0.246 e. The number of methoxy groups -OCH3 is 1. The van der Waals surface area contributed by atoms with Crippen molar-refractivity contribution >= 4 is 0 Å². The van der Waals surface area contributed by atoms with Gasteiger partial charge < -0.3 is 14.6 Å². The summed E-state index contributed by atoms with van der Waals surface area (Å²) in [4.78, 5) is 4.45. The van der Waals surface area contributed by atoms with Gasteiger partial charge in [0.05, 0.1) is 12.1 Å². The van der Waals surface area contributed by atoms with Crippen LogP contribution >= 0.6 is 0 Å². The van der Waals surface area contributed by atoms with Crippen LogP contribution in [0.4, 0.5) is 0 Å². The number of nitrogens with one attached hydrogen (secondary N) is 1. The van der Waals surface area contributed by atoms with Crippen LogP contribution in [0.5, 0.6) is 0 Å². The van der Waals surface area contributed by atoms with Gasteiger partial charge in [0.25, 0.3) is 0 Å². The summed E-state index contributed by atoms with van der Waals surface area (Å²) in [6.45, 7) is 3.81. The van der Waals surface area contributed by atoms with Crippen molar-refractivity contribution in [2.45, 2.75) is 38.1 Å². The first kappa shape index (κ1) is 11.5. The summed E-state index contributed by atoms with van der Waals surface area (Å²) in [5, 5.41) is 7.46. The molecule has 0 saturated carbocycles. The highest BCUT2D eigenvalue weighted by atomic mass is 16.5. The largest absolute Gasteiger partial charge is 0.384 e. The Bertz CT molecular complexity index is 332. The fourth-order valence-electron chi connectivity index (χ4n) is 2.19. The maximum atomic E-state index is 5.36. The van der Waals surface area contributed by atoms with Crippen molar-refractivity contribution in [1.82, 2.24) is 15.5 Å². The first-order chi connectivity index (χ1) is 7.80. The van der Waals surface area contributed by atoms with E-state index in [2.05, 4.69) is 22.4 Å². The van der Waals surface area contributed by atoms with Crippen LogP contribution in [0, 0.1) is 0 Å². The van der Waals surface area contributed by atoms with E-state index >= 15 is 0 Å². The van der Waals surface area contributed by atoms with Gasteiger partial charge in [0.2, 0.25) is 5.89 Å². The summed E-state index contributed by atoms with van der Waals surface area (Å²) < 4.78 is 10.4. The maximum Gasteiger partial charge on any atom is 0.246 e. The zero-order valence-corrected chi connectivity index (χ0v) is 9.95. The average Bonchev–Trinajstić information content (AvgIpc) is 2.95. The van der Waals surface area contributed by atoms with Crippen molar-refractivity contribution < 1.29 is 9.26 Å². The number of hydrogen-bond donors (Lipinski definition) is 1. The lowest BCUT2D eigenvalue weighted by atomic mass is 9.94. The van der Waals surface area contributed by atoms with Crippen LogP contribution < -0.4 is 5.32 Å². The second-order valence-corrected chi connectivity index (χ2v) is 4.22. The number of hydrogen-bond acceptors (Lipinski definition) is 5. The molecular weight excluding hydrogens is 206 g/mol. The molecule has 1 unspecified atom stereocenters. The average molecular weight is 225 g/mol. The molecule has 2 heterocycles. The molecule has 1 aliphatic rings. The molecule has 1 fully saturated rings. The van der Waals surface area contributed by atoms with E-state index in [1.807, 2.05) is 0 Å². The van der Waals surface area contributed by atoms with Crippen LogP contribution in [0.15, 0.2) is 4.52 Å². The van der Waals surface area contributed by atoms with Crippen LogP contribution in [0.2, 0.25) is 0 Å². The zero-order chi connectivity index (χ0) is 11.4. The van der Waals surface area contributed by atoms with Crippen molar-refractivity contribution in [3.63, 3.8) is 0 Å². The molecular formula is C11H19N3O2. The summed E-state index contributed by atoms with van der Waals surface area (Å²) in [5.41, 5.74) is -0.0850. The summed E-state index contributed by atoms with van der Waals surface area (Å²) in [6.07, 6.45) is 3.94. The third kappa shape index (κ3) is 2.10. The van der Waals surface area contributed by atoms with E-state index in [0.29, 0.717) is 13.0 Å². The lowest BCUT2D eigenvalue weighted by Crippen LogP contribution is -2.36. The minimum atomic E-state index is -0.0850. The predicted molar refractivity (Wildman–Crippen MR) is 59.1 cm³/mol. The molecule has 5 heteroatoms. The van der Waals surface area contributed by atoms with E-state index in [0.717, 1.165) is 31.1 Å². The SMILES string of the molecule is CCC1(c2nc(CCOC)no2)CCCN1. The second-order valence-electron chi connectivity index (χ2n) is 4.22. The third-order valence-electron chi connectivity index (χ3n) is 3.25. The van der Waals surface area contributed by atoms with Gasteiger partial charge in [-0.3, -0.25) is 0 Å². The first-order valence-corrected chi connectivity index (χ1v) is 5.88. The lowest BCUT2D eigenvalue weighted by molar-refractivity contribution is 0.199. The molecule has 0 bridgehead atoms. The van der Waals surface area contributed by atoms with Gasteiger partial charge in [0.15, 0.2) is 5.82 Å². The molecule has 0 spiro atoms. The maximum absolute atomic E-state index is 5.36. The van der Waals surface area contributed by atoms with Crippen molar-refractivity contribution in [3.8, 4) is 0 Å². The Hall–Kier alpha value is -0.940. The van der Waals surface area contributed by atoms with Crippen LogP contribution in [-0.4, -0.2) is 30.4 Å². The molecule has 0 amide bonds. The molecule has 0 aromatic carbocycles. The van der Waals surface area contributed by atoms with Crippen LogP contribution in [0.3, 0.4) is 0 Å². The van der Waals surface area contributed by atoms with E-state index in [1.54, 1.807) is 7.11 Å². The zero-order valence-electron chi connectivity index (χ0n) is 9.95. The molecule has 0 radical (unpaired) electrons. The fraction of sp³-hybridized carbons (Fsp3) is 0.818. The van der Waals surface area contributed by atoms with Gasteiger partial charge in [-0.2, -0.15) is 4.98 Å². The molecule has 1 saturated heterocycles. The molecule has 16 heavy (non-hydrogen) atoms. The Morgan fingerprint density at radius 3 is 3.06 bits per heavy atom. The quantitative estimate of drug-likeness (QED) is 0.817. The van der Waals surface area contributed by atoms with E-state index in [-0.39, 0.29) is 5.54 Å². The Balaban J connectivity index is 2.10. The Morgan fingerprint density at radius 1 is 1.56 bits per heavy atom. The topological polar surface area (TPSA) is 60.2 Å². The van der Waals surface area contributed by atoms with Crippen molar-refractivity contribution in [3.05, 3.63) is 11.7 Å². The van der Waals surface area contributed by atoms with Gasteiger partial charge in [-0.1, -0.05) is 12.1 Å². The Labute approximate surface area is 95.6 Å². The number of rotatable bonds is 5. The summed E-state index contributed by atoms with van der Waals surface area (Å²) in [7, 11) is 1.67. The van der Waals surface area contributed by atoms with Crippen molar-refractivity contribution in [2.75, 3.05) is 20.3 Å². The third-order valence-corrected chi connectivity index (χ3v) is 3.25. The minimum absolute atomic E-state index is 0.0850. The normalized spacial score (nSPS) is 25.1. The van der Waals surface area contributed by atoms with Gasteiger partial charge in [-0.25, -0.2) is 0 Å². The Morgan fingerprint density at radius 2 is 2.44 bits per heavy atom. The van der Waals surface area contributed by atoms with Crippen LogP contribution in [0.1, 0.15) is 37.9 Å². The number of nitrogens with zero attached hydrogens (tertiary/aromatic N) is 2. The van der Waals surface area contributed by atoms with E-state index in [4.69, 9.17) is 9.26 Å². The molecule has 90 valence electrons. The van der Waals surface area contributed by atoms with Gasteiger partial charge in [0.1, 0.15) is 0 Å². The molecule has 1 N–H and O–H groups in total. The molecule has 5 nitrogen and oxygen atoms in total. The first-order valence-electron chi connectivity index (χ1n) is 5.88. The molecule has 1 atom stereocenters. The van der Waals surface area contributed by atoms with Crippen molar-refractivity contribution in [1.29, 1.82) is 0 Å². The fourth-order valence-corrected chi connectivity index (χ4v) is 2.19. The van der Waals surface area contributed by atoms with Crippen molar-refractivity contribution in [2.24, 2.45) is 0 Å². The standard InChI is InChI=1S/C11H19N3O2/c1-3-11(6-4-7-12-11)10-13-9(14-16-10)5-8-15-2/h12H,3-8H2,1-2H3. The molecule has 1 aliphatic heterocycles. The van der Waals surface area contributed by atoms with Gasteiger partial charge in [-0.05, 0) is 25.8 Å². The van der Waals surface area contributed by atoms with Gasteiger partial charge in [-0.15, -0.1) is 0 Å². The Kier molecular flexibility index (Phi) is 3.56. The molecule has 0 aliphatic carbocycles. The number of aromatic nitrogens is 2.